The number of hydrogen-bond donors (Lipinski definition) is 2. The van der Waals surface area contributed by atoms with Crippen molar-refractivity contribution in [2.75, 3.05) is 0 Å². The largest absolute Gasteiger partial charge is 0.444 e. The highest BCUT2D eigenvalue weighted by Crippen LogP contribution is 2.24. The van der Waals surface area contributed by atoms with Gasteiger partial charge in [-0.05, 0) is 51.1 Å². The van der Waals surface area contributed by atoms with Gasteiger partial charge in [0.1, 0.15) is 5.60 Å². The summed E-state index contributed by atoms with van der Waals surface area (Å²) in [5.74, 6) is 0. The number of amides is 1. The van der Waals surface area contributed by atoms with Crippen molar-refractivity contribution in [3.8, 4) is 0 Å². The van der Waals surface area contributed by atoms with Gasteiger partial charge < -0.3 is 15.4 Å². The Bertz CT molecular complexity index is 451. The summed E-state index contributed by atoms with van der Waals surface area (Å²) in [4.78, 5) is 12.9. The van der Waals surface area contributed by atoms with Crippen molar-refractivity contribution in [2.45, 2.75) is 58.3 Å². The molecule has 1 aromatic heterocycles. The van der Waals surface area contributed by atoms with Gasteiger partial charge in [0, 0.05) is 23.5 Å². The number of hydrogen-bond acceptors (Lipinski definition) is 4. The molecule has 1 aliphatic carbocycles. The zero-order chi connectivity index (χ0) is 14.0. The minimum Gasteiger partial charge on any atom is -0.444 e. The van der Waals surface area contributed by atoms with Crippen LogP contribution in [0.3, 0.4) is 0 Å². The summed E-state index contributed by atoms with van der Waals surface area (Å²) >= 11 is 1.77. The number of carbonyl (C=O) groups excluding carboxylic acids is 1. The predicted molar refractivity (Wildman–Crippen MR) is 77.5 cm³/mol. The monoisotopic (exact) mass is 282 g/mol. The molecule has 0 aromatic carbocycles. The molecular weight excluding hydrogens is 260 g/mol. The molecule has 2 unspecified atom stereocenters. The molecule has 2 N–H and O–H groups in total. The molecule has 1 aromatic rings. The third-order valence-corrected chi connectivity index (χ3v) is 4.01. The van der Waals surface area contributed by atoms with Gasteiger partial charge in [-0.15, -0.1) is 11.3 Å². The van der Waals surface area contributed by atoms with Crippen molar-refractivity contribution in [3.63, 3.8) is 0 Å². The Balaban J connectivity index is 1.68. The van der Waals surface area contributed by atoms with E-state index < -0.39 is 5.60 Å². The molecule has 19 heavy (non-hydrogen) atoms. The fourth-order valence-electron chi connectivity index (χ4n) is 1.85. The maximum Gasteiger partial charge on any atom is 0.407 e. The first-order valence-electron chi connectivity index (χ1n) is 6.61. The molecule has 0 aliphatic heterocycles. The van der Waals surface area contributed by atoms with Gasteiger partial charge in [-0.25, -0.2) is 4.79 Å². The Kier molecular flexibility index (Phi) is 4.16. The lowest BCUT2D eigenvalue weighted by Crippen LogP contribution is -2.36. The highest BCUT2D eigenvalue weighted by molar-refractivity contribution is 7.10. The standard InChI is InChI=1S/C14H22N2O2S/c1-9-5-6-19-12(9)8-15-10-7-11(10)16-13(17)18-14(2,3)4/h5-6,10-11,15H,7-8H2,1-4H3,(H,16,17). The average Bonchev–Trinajstić information content (AvgIpc) is 2.85. The van der Waals surface area contributed by atoms with Crippen LogP contribution in [-0.4, -0.2) is 23.8 Å². The molecule has 0 spiro atoms. The molecule has 0 saturated heterocycles. The molecular formula is C14H22N2O2S. The third kappa shape index (κ3) is 4.51. The van der Waals surface area contributed by atoms with E-state index in [1.54, 1.807) is 11.3 Å². The van der Waals surface area contributed by atoms with Crippen molar-refractivity contribution < 1.29 is 9.53 Å². The average molecular weight is 282 g/mol. The Morgan fingerprint density at radius 2 is 2.21 bits per heavy atom. The van der Waals surface area contributed by atoms with Crippen molar-refractivity contribution in [2.24, 2.45) is 0 Å². The number of carbonyl (C=O) groups is 1. The summed E-state index contributed by atoms with van der Waals surface area (Å²) < 4.78 is 5.23. The van der Waals surface area contributed by atoms with E-state index in [2.05, 4.69) is 29.0 Å². The van der Waals surface area contributed by atoms with E-state index in [9.17, 15) is 4.79 Å². The predicted octanol–water partition coefficient (Wildman–Crippen LogP) is 2.81. The van der Waals surface area contributed by atoms with E-state index in [4.69, 9.17) is 4.74 Å². The minimum atomic E-state index is -0.435. The maximum absolute atomic E-state index is 11.6. The van der Waals surface area contributed by atoms with E-state index in [1.165, 1.54) is 10.4 Å². The summed E-state index contributed by atoms with van der Waals surface area (Å²) in [7, 11) is 0. The van der Waals surface area contributed by atoms with Crippen LogP contribution in [0, 0.1) is 6.92 Å². The summed E-state index contributed by atoms with van der Waals surface area (Å²) in [6.45, 7) is 8.61. The van der Waals surface area contributed by atoms with Crippen LogP contribution in [0.15, 0.2) is 11.4 Å². The normalized spacial score (nSPS) is 22.1. The second kappa shape index (κ2) is 5.51. The highest BCUT2D eigenvalue weighted by atomic mass is 32.1. The molecule has 5 heteroatoms. The van der Waals surface area contributed by atoms with Gasteiger partial charge in [0.15, 0.2) is 0 Å². The van der Waals surface area contributed by atoms with E-state index in [1.807, 2.05) is 20.8 Å². The van der Waals surface area contributed by atoms with Crippen LogP contribution in [0.5, 0.6) is 0 Å². The Morgan fingerprint density at radius 3 is 2.79 bits per heavy atom. The lowest BCUT2D eigenvalue weighted by atomic mass is 10.2. The number of aryl methyl sites for hydroxylation is 1. The number of ether oxygens (including phenoxy) is 1. The first kappa shape index (κ1) is 14.3. The second-order valence-electron chi connectivity index (χ2n) is 6.00. The van der Waals surface area contributed by atoms with Crippen LogP contribution in [0.25, 0.3) is 0 Å². The third-order valence-electron chi connectivity index (χ3n) is 2.99. The van der Waals surface area contributed by atoms with Gasteiger partial charge in [-0.2, -0.15) is 0 Å². The molecule has 2 atom stereocenters. The topological polar surface area (TPSA) is 50.4 Å². The SMILES string of the molecule is Cc1ccsc1CNC1CC1NC(=O)OC(C)(C)C. The zero-order valence-electron chi connectivity index (χ0n) is 11.9. The van der Waals surface area contributed by atoms with E-state index in [0.29, 0.717) is 6.04 Å². The summed E-state index contributed by atoms with van der Waals surface area (Å²) in [6, 6.07) is 2.70. The lowest BCUT2D eigenvalue weighted by molar-refractivity contribution is 0.0522. The molecule has 1 fully saturated rings. The van der Waals surface area contributed by atoms with Gasteiger partial charge >= 0.3 is 6.09 Å². The lowest BCUT2D eigenvalue weighted by Gasteiger charge is -2.19. The van der Waals surface area contributed by atoms with E-state index >= 15 is 0 Å². The van der Waals surface area contributed by atoms with Crippen LogP contribution in [0.4, 0.5) is 4.79 Å². The first-order valence-corrected chi connectivity index (χ1v) is 7.49. The van der Waals surface area contributed by atoms with Crippen LogP contribution in [-0.2, 0) is 11.3 Å². The van der Waals surface area contributed by atoms with Gasteiger partial charge in [-0.1, -0.05) is 0 Å². The summed E-state index contributed by atoms with van der Waals surface area (Å²) in [5.41, 5.74) is 0.894. The number of nitrogens with one attached hydrogen (secondary N) is 2. The molecule has 2 rings (SSSR count). The van der Waals surface area contributed by atoms with Crippen molar-refractivity contribution in [1.82, 2.24) is 10.6 Å². The molecule has 0 bridgehead atoms. The smallest absolute Gasteiger partial charge is 0.407 e. The quantitative estimate of drug-likeness (QED) is 0.893. The highest BCUT2D eigenvalue weighted by Gasteiger charge is 2.38. The number of alkyl carbamates (subject to hydrolysis) is 1. The second-order valence-corrected chi connectivity index (χ2v) is 7.00. The van der Waals surface area contributed by atoms with Crippen molar-refractivity contribution in [1.29, 1.82) is 0 Å². The van der Waals surface area contributed by atoms with Gasteiger partial charge in [-0.3, -0.25) is 0 Å². The molecule has 106 valence electrons. The maximum atomic E-state index is 11.6. The van der Waals surface area contributed by atoms with Gasteiger partial charge in [0.25, 0.3) is 0 Å². The van der Waals surface area contributed by atoms with Crippen LogP contribution in [0.1, 0.15) is 37.6 Å². The fraction of sp³-hybridized carbons (Fsp3) is 0.643. The van der Waals surface area contributed by atoms with Gasteiger partial charge in [0.05, 0.1) is 0 Å². The number of rotatable bonds is 4. The van der Waals surface area contributed by atoms with Crippen LogP contribution < -0.4 is 10.6 Å². The molecule has 1 saturated carbocycles. The Hall–Kier alpha value is -1.07. The molecule has 1 amide bonds. The molecule has 0 radical (unpaired) electrons. The summed E-state index contributed by atoms with van der Waals surface area (Å²) in [5, 5.41) is 8.45. The van der Waals surface area contributed by atoms with Crippen LogP contribution in [0.2, 0.25) is 0 Å². The van der Waals surface area contributed by atoms with E-state index in [0.717, 1.165) is 13.0 Å². The summed E-state index contributed by atoms with van der Waals surface area (Å²) in [6.07, 6.45) is 0.651. The zero-order valence-corrected chi connectivity index (χ0v) is 12.8. The first-order chi connectivity index (χ1) is 8.85. The minimum absolute atomic E-state index is 0.204. The van der Waals surface area contributed by atoms with E-state index in [-0.39, 0.29) is 12.1 Å². The fourth-order valence-corrected chi connectivity index (χ4v) is 2.71. The molecule has 1 aliphatic rings. The van der Waals surface area contributed by atoms with Gasteiger partial charge in [0.2, 0.25) is 0 Å². The Labute approximate surface area is 118 Å². The molecule has 1 heterocycles. The number of thiophene rings is 1. The molecule has 4 nitrogen and oxygen atoms in total. The van der Waals surface area contributed by atoms with Crippen molar-refractivity contribution in [3.05, 3.63) is 21.9 Å². The van der Waals surface area contributed by atoms with Crippen molar-refractivity contribution >= 4 is 17.4 Å². The Morgan fingerprint density at radius 1 is 1.47 bits per heavy atom. The van der Waals surface area contributed by atoms with Crippen LogP contribution >= 0.6 is 11.3 Å².